The fraction of sp³-hybridized carbons (Fsp3) is 0.833. The Bertz CT molecular complexity index is 361. The number of aliphatic hydroxyl groups excluding tert-OH is 2. The van der Waals surface area contributed by atoms with Crippen LogP contribution in [-0.2, 0) is 13.1 Å². The third-order valence-electron chi connectivity index (χ3n) is 3.67. The number of aliphatic hydroxyl groups is 2. The van der Waals surface area contributed by atoms with E-state index in [9.17, 15) is 5.11 Å². The van der Waals surface area contributed by atoms with Crippen LogP contribution in [0.25, 0.3) is 0 Å². The number of hydrogen-bond donors (Lipinski definition) is 3. The lowest BCUT2D eigenvalue weighted by atomic mass is 9.82. The van der Waals surface area contributed by atoms with E-state index in [1.165, 1.54) is 19.3 Å². The molecule has 6 heteroatoms. The summed E-state index contributed by atoms with van der Waals surface area (Å²) in [5.74, 6) is 0. The highest BCUT2D eigenvalue weighted by Gasteiger charge is 2.30. The number of nitrogens with one attached hydrogen (secondary N) is 1. The fourth-order valence-electron chi connectivity index (χ4n) is 2.53. The summed E-state index contributed by atoms with van der Waals surface area (Å²) in [7, 11) is 0. The maximum atomic E-state index is 9.57. The van der Waals surface area contributed by atoms with Crippen molar-refractivity contribution >= 4 is 0 Å². The van der Waals surface area contributed by atoms with Crippen LogP contribution in [0.15, 0.2) is 6.20 Å². The van der Waals surface area contributed by atoms with Crippen LogP contribution in [0.1, 0.15) is 37.8 Å². The lowest BCUT2D eigenvalue weighted by Crippen LogP contribution is -2.49. The molecular weight excluding hydrogens is 232 g/mol. The monoisotopic (exact) mass is 254 g/mol. The Kier molecular flexibility index (Phi) is 4.68. The molecule has 1 aromatic heterocycles. The van der Waals surface area contributed by atoms with E-state index in [4.69, 9.17) is 5.11 Å². The Morgan fingerprint density at radius 2 is 2.06 bits per heavy atom. The van der Waals surface area contributed by atoms with Gasteiger partial charge in [-0.25, -0.2) is 4.68 Å². The molecule has 0 bridgehead atoms. The molecule has 0 radical (unpaired) electrons. The third kappa shape index (κ3) is 3.28. The van der Waals surface area contributed by atoms with E-state index in [-0.39, 0.29) is 18.8 Å². The predicted octanol–water partition coefficient (Wildman–Crippen LogP) is 0.0552. The van der Waals surface area contributed by atoms with Crippen molar-refractivity contribution in [3.63, 3.8) is 0 Å². The van der Waals surface area contributed by atoms with Crippen molar-refractivity contribution in [3.05, 3.63) is 11.9 Å². The van der Waals surface area contributed by atoms with Crippen molar-refractivity contribution in [2.75, 3.05) is 13.2 Å². The van der Waals surface area contributed by atoms with Gasteiger partial charge in [0.1, 0.15) is 0 Å². The van der Waals surface area contributed by atoms with Crippen LogP contribution in [0.3, 0.4) is 0 Å². The molecule has 2 rings (SSSR count). The Balaban J connectivity index is 1.88. The molecule has 3 N–H and O–H groups in total. The minimum Gasteiger partial charge on any atom is -0.394 e. The molecule has 1 fully saturated rings. The van der Waals surface area contributed by atoms with Gasteiger partial charge in [0, 0.05) is 18.3 Å². The SMILES string of the molecule is OCCn1cc(CNC2(CO)CCCCC2)nn1. The second-order valence-corrected chi connectivity index (χ2v) is 5.05. The topological polar surface area (TPSA) is 83.2 Å². The first kappa shape index (κ1) is 13.5. The lowest BCUT2D eigenvalue weighted by molar-refractivity contribution is 0.119. The van der Waals surface area contributed by atoms with Crippen molar-refractivity contribution in [2.45, 2.75) is 50.7 Å². The van der Waals surface area contributed by atoms with Crippen LogP contribution >= 0.6 is 0 Å². The minimum absolute atomic E-state index is 0.0663. The second kappa shape index (κ2) is 6.26. The van der Waals surface area contributed by atoms with Gasteiger partial charge in [0.2, 0.25) is 0 Å². The number of hydrogen-bond acceptors (Lipinski definition) is 5. The maximum Gasteiger partial charge on any atom is 0.0965 e. The lowest BCUT2D eigenvalue weighted by Gasteiger charge is -2.36. The zero-order chi connectivity index (χ0) is 12.8. The van der Waals surface area contributed by atoms with Gasteiger partial charge in [0.05, 0.1) is 25.5 Å². The van der Waals surface area contributed by atoms with Crippen molar-refractivity contribution in [2.24, 2.45) is 0 Å². The van der Waals surface area contributed by atoms with Crippen LogP contribution in [-0.4, -0.2) is 44.0 Å². The van der Waals surface area contributed by atoms with Crippen LogP contribution in [0.2, 0.25) is 0 Å². The van der Waals surface area contributed by atoms with E-state index in [1.807, 2.05) is 6.20 Å². The zero-order valence-corrected chi connectivity index (χ0v) is 10.7. The normalized spacial score (nSPS) is 19.0. The Labute approximate surface area is 107 Å². The fourth-order valence-corrected chi connectivity index (χ4v) is 2.53. The molecule has 1 aromatic rings. The average molecular weight is 254 g/mol. The van der Waals surface area contributed by atoms with Crippen molar-refractivity contribution < 1.29 is 10.2 Å². The molecule has 1 heterocycles. The molecule has 18 heavy (non-hydrogen) atoms. The van der Waals surface area contributed by atoms with Crippen molar-refractivity contribution in [1.29, 1.82) is 0 Å². The van der Waals surface area contributed by atoms with Crippen molar-refractivity contribution in [3.8, 4) is 0 Å². The second-order valence-electron chi connectivity index (χ2n) is 5.05. The predicted molar refractivity (Wildman–Crippen MR) is 66.8 cm³/mol. The molecule has 1 aliphatic rings. The van der Waals surface area contributed by atoms with E-state index in [0.717, 1.165) is 18.5 Å². The van der Waals surface area contributed by atoms with Crippen molar-refractivity contribution in [1.82, 2.24) is 20.3 Å². The van der Waals surface area contributed by atoms with Crippen LogP contribution in [0.5, 0.6) is 0 Å². The summed E-state index contributed by atoms with van der Waals surface area (Å²) in [6, 6.07) is 0. The summed E-state index contributed by atoms with van der Waals surface area (Å²) in [4.78, 5) is 0. The molecular formula is C12H22N4O2. The van der Waals surface area contributed by atoms with Gasteiger partial charge >= 0.3 is 0 Å². The highest BCUT2D eigenvalue weighted by molar-refractivity contribution is 4.97. The molecule has 0 unspecified atom stereocenters. The summed E-state index contributed by atoms with van der Waals surface area (Å²) < 4.78 is 1.63. The van der Waals surface area contributed by atoms with Gasteiger partial charge in [0.25, 0.3) is 0 Å². The Morgan fingerprint density at radius 3 is 2.72 bits per heavy atom. The molecule has 102 valence electrons. The summed E-state index contributed by atoms with van der Waals surface area (Å²) in [5, 5.41) is 29.8. The number of nitrogens with zero attached hydrogens (tertiary/aromatic N) is 3. The molecule has 0 amide bonds. The first-order valence-electron chi connectivity index (χ1n) is 6.64. The summed E-state index contributed by atoms with van der Waals surface area (Å²) in [6.07, 6.45) is 7.48. The summed E-state index contributed by atoms with van der Waals surface area (Å²) in [5.41, 5.74) is 0.709. The zero-order valence-electron chi connectivity index (χ0n) is 10.7. The van der Waals surface area contributed by atoms with Crippen LogP contribution in [0.4, 0.5) is 0 Å². The molecule has 0 aromatic carbocycles. The number of rotatable bonds is 6. The molecule has 1 aliphatic carbocycles. The van der Waals surface area contributed by atoms with Gasteiger partial charge in [-0.15, -0.1) is 5.10 Å². The van der Waals surface area contributed by atoms with Crippen LogP contribution in [0, 0.1) is 0 Å². The first-order chi connectivity index (χ1) is 8.78. The third-order valence-corrected chi connectivity index (χ3v) is 3.67. The molecule has 0 spiro atoms. The summed E-state index contributed by atoms with van der Waals surface area (Å²) >= 11 is 0. The standard InChI is InChI=1S/C12H22N4O2/c17-7-6-16-9-11(14-15-16)8-13-12(10-18)4-2-1-3-5-12/h9,13,17-18H,1-8,10H2. The Morgan fingerprint density at radius 1 is 1.28 bits per heavy atom. The van der Waals surface area contributed by atoms with Gasteiger partial charge in [-0.1, -0.05) is 24.5 Å². The largest absolute Gasteiger partial charge is 0.394 e. The molecule has 6 nitrogen and oxygen atoms in total. The van der Waals surface area contributed by atoms with E-state index in [1.54, 1.807) is 4.68 Å². The van der Waals surface area contributed by atoms with Gasteiger partial charge in [0.15, 0.2) is 0 Å². The molecule has 1 saturated carbocycles. The average Bonchev–Trinajstić information content (AvgIpc) is 2.86. The highest BCUT2D eigenvalue weighted by Crippen LogP contribution is 2.27. The first-order valence-corrected chi connectivity index (χ1v) is 6.64. The van der Waals surface area contributed by atoms with Gasteiger partial charge < -0.3 is 15.5 Å². The molecule has 0 atom stereocenters. The highest BCUT2D eigenvalue weighted by atomic mass is 16.3. The van der Waals surface area contributed by atoms with E-state index >= 15 is 0 Å². The van der Waals surface area contributed by atoms with E-state index < -0.39 is 0 Å². The van der Waals surface area contributed by atoms with Gasteiger partial charge in [-0.3, -0.25) is 0 Å². The number of aromatic nitrogens is 3. The summed E-state index contributed by atoms with van der Waals surface area (Å²) in [6.45, 7) is 1.33. The maximum absolute atomic E-state index is 9.57. The van der Waals surface area contributed by atoms with E-state index in [0.29, 0.717) is 13.1 Å². The smallest absolute Gasteiger partial charge is 0.0965 e. The quantitative estimate of drug-likeness (QED) is 0.668. The minimum atomic E-state index is -0.140. The van der Waals surface area contributed by atoms with E-state index in [2.05, 4.69) is 15.6 Å². The van der Waals surface area contributed by atoms with Crippen LogP contribution < -0.4 is 5.32 Å². The van der Waals surface area contributed by atoms with Gasteiger partial charge in [-0.05, 0) is 12.8 Å². The Hall–Kier alpha value is -0.980. The molecule has 0 aliphatic heterocycles. The molecule has 0 saturated heterocycles. The van der Waals surface area contributed by atoms with Gasteiger partial charge in [-0.2, -0.15) is 0 Å².